The van der Waals surface area contributed by atoms with E-state index in [0.29, 0.717) is 4.88 Å². The minimum Gasteiger partial charge on any atom is -0.467 e. The summed E-state index contributed by atoms with van der Waals surface area (Å²) >= 11 is 2.76. The number of carbonyl (C=O) groups excluding carboxylic acids is 2. The van der Waals surface area contributed by atoms with Crippen molar-refractivity contribution in [2.45, 2.75) is 10.9 Å². The number of hydrogen-bond donors (Lipinski definition) is 0. The lowest BCUT2D eigenvalue weighted by atomic mass is 10.1. The first-order valence-corrected chi connectivity index (χ1v) is 5.90. The van der Waals surface area contributed by atoms with Crippen LogP contribution < -0.4 is 0 Å². The number of Topliss-reactive ketones (excluding diaryl/α,β-unsaturated/α-hetero) is 1. The third kappa shape index (κ3) is 1.68. The molecule has 0 N–H and O–H groups in total. The van der Waals surface area contributed by atoms with Crippen molar-refractivity contribution >= 4 is 35.0 Å². The highest BCUT2D eigenvalue weighted by atomic mass is 32.2. The van der Waals surface area contributed by atoms with Crippen molar-refractivity contribution in [1.29, 1.82) is 0 Å². The van der Waals surface area contributed by atoms with Gasteiger partial charge in [0.05, 0.1) is 12.0 Å². The summed E-state index contributed by atoms with van der Waals surface area (Å²) in [4.78, 5) is 24.9. The Morgan fingerprint density at radius 3 is 3.00 bits per heavy atom. The maximum absolute atomic E-state index is 11.9. The number of hydrogen-bond acceptors (Lipinski definition) is 6. The van der Waals surface area contributed by atoms with Gasteiger partial charge in [0.25, 0.3) is 0 Å². The molecule has 1 aliphatic heterocycles. The van der Waals surface area contributed by atoms with E-state index in [-0.39, 0.29) is 5.78 Å². The summed E-state index contributed by atoms with van der Waals surface area (Å²) in [5, 5.41) is 1.85. The number of rotatable bonds is 1. The number of fused-ring (bicyclic) bond motifs is 1. The predicted octanol–water partition coefficient (Wildman–Crippen LogP) is 1.42. The Morgan fingerprint density at radius 1 is 1.60 bits per heavy atom. The first kappa shape index (κ1) is 10.7. The van der Waals surface area contributed by atoms with Gasteiger partial charge in [-0.2, -0.15) is 0 Å². The minimum atomic E-state index is -0.814. The van der Waals surface area contributed by atoms with E-state index in [1.165, 1.54) is 30.4 Å². The highest BCUT2D eigenvalue weighted by Crippen LogP contribution is 2.37. The molecule has 80 valence electrons. The monoisotopic (exact) mass is 243 g/mol. The van der Waals surface area contributed by atoms with Crippen LogP contribution in [0.25, 0.3) is 0 Å². The first-order chi connectivity index (χ1) is 7.15. The van der Waals surface area contributed by atoms with Crippen molar-refractivity contribution in [3.05, 3.63) is 16.3 Å². The number of ether oxygens (including phenoxy) is 1. The summed E-state index contributed by atoms with van der Waals surface area (Å²) in [5.74, 6) is -0.679. The van der Waals surface area contributed by atoms with Crippen LogP contribution in [0, 0.1) is 0 Å². The van der Waals surface area contributed by atoms with Gasteiger partial charge in [-0.1, -0.05) is 0 Å². The second-order valence-corrected chi connectivity index (χ2v) is 5.16. The average molecular weight is 243 g/mol. The van der Waals surface area contributed by atoms with Gasteiger partial charge in [0.1, 0.15) is 0 Å². The Kier molecular flexibility index (Phi) is 2.81. The van der Waals surface area contributed by atoms with Gasteiger partial charge >= 0.3 is 5.97 Å². The molecule has 0 saturated heterocycles. The summed E-state index contributed by atoms with van der Waals surface area (Å²) in [5.41, 5.74) is 0. The second kappa shape index (κ2) is 3.96. The molecule has 0 radical (unpaired) electrons. The predicted molar refractivity (Wildman–Crippen MR) is 58.1 cm³/mol. The number of likely N-dealkylation sites (N-methyl/N-ethyl adjacent to an activating group) is 1. The van der Waals surface area contributed by atoms with Crippen molar-refractivity contribution < 1.29 is 14.3 Å². The van der Waals surface area contributed by atoms with Gasteiger partial charge in [-0.3, -0.25) is 4.79 Å². The fourth-order valence-electron chi connectivity index (χ4n) is 1.41. The molecule has 0 aromatic carbocycles. The molecule has 15 heavy (non-hydrogen) atoms. The van der Waals surface area contributed by atoms with Crippen molar-refractivity contribution in [2.24, 2.45) is 0 Å². The molecule has 4 nitrogen and oxygen atoms in total. The van der Waals surface area contributed by atoms with E-state index in [9.17, 15) is 9.59 Å². The molecule has 0 spiro atoms. The molecule has 0 bridgehead atoms. The molecule has 2 rings (SSSR count). The van der Waals surface area contributed by atoms with Crippen LogP contribution in [0.5, 0.6) is 0 Å². The van der Waals surface area contributed by atoms with Crippen molar-refractivity contribution in [2.75, 3.05) is 14.2 Å². The van der Waals surface area contributed by atoms with Crippen LogP contribution >= 0.6 is 23.3 Å². The highest BCUT2D eigenvalue weighted by Gasteiger charge is 2.39. The summed E-state index contributed by atoms with van der Waals surface area (Å²) in [6.07, 6.45) is 0. The molecule has 0 amide bonds. The zero-order valence-corrected chi connectivity index (χ0v) is 9.85. The lowest BCUT2D eigenvalue weighted by Gasteiger charge is -2.27. The quantitative estimate of drug-likeness (QED) is 0.424. The average Bonchev–Trinajstić information content (AvgIpc) is 2.65. The van der Waals surface area contributed by atoms with Crippen molar-refractivity contribution in [3.63, 3.8) is 0 Å². The Morgan fingerprint density at radius 2 is 2.33 bits per heavy atom. The molecule has 1 aromatic heterocycles. The maximum atomic E-state index is 11.9. The number of carbonyl (C=O) groups is 2. The SMILES string of the molecule is COC(=O)C1C(=O)c2sccc2SN1C. The van der Waals surface area contributed by atoms with Gasteiger partial charge in [0.15, 0.2) is 6.04 Å². The van der Waals surface area contributed by atoms with E-state index in [0.717, 1.165) is 4.90 Å². The fourth-order valence-corrected chi connectivity index (χ4v) is 3.42. The number of methoxy groups -OCH3 is 1. The Labute approximate surface area is 95.3 Å². The van der Waals surface area contributed by atoms with Gasteiger partial charge in [-0.15, -0.1) is 11.3 Å². The normalized spacial score (nSPS) is 21.2. The van der Waals surface area contributed by atoms with Gasteiger partial charge < -0.3 is 4.74 Å². The number of nitrogens with zero attached hydrogens (tertiary/aromatic N) is 1. The molecule has 6 heteroatoms. The lowest BCUT2D eigenvalue weighted by Crippen LogP contribution is -2.44. The summed E-state index contributed by atoms with van der Waals surface area (Å²) in [6, 6.07) is 1.07. The maximum Gasteiger partial charge on any atom is 0.332 e. The molecule has 0 saturated carbocycles. The van der Waals surface area contributed by atoms with E-state index in [1.54, 1.807) is 11.4 Å². The molecular weight excluding hydrogens is 234 g/mol. The molecule has 0 aliphatic carbocycles. The van der Waals surface area contributed by atoms with Gasteiger partial charge in [-0.05, 0) is 30.4 Å². The van der Waals surface area contributed by atoms with Gasteiger partial charge in [0.2, 0.25) is 5.78 Å². The Balaban J connectivity index is 2.38. The molecule has 2 heterocycles. The van der Waals surface area contributed by atoms with E-state index in [2.05, 4.69) is 4.74 Å². The van der Waals surface area contributed by atoms with Crippen LogP contribution in [0.3, 0.4) is 0 Å². The third-order valence-electron chi connectivity index (χ3n) is 2.13. The smallest absolute Gasteiger partial charge is 0.332 e. The molecule has 1 atom stereocenters. The van der Waals surface area contributed by atoms with Crippen LogP contribution in [-0.4, -0.2) is 36.3 Å². The lowest BCUT2D eigenvalue weighted by molar-refractivity contribution is -0.143. The van der Waals surface area contributed by atoms with Crippen molar-refractivity contribution in [1.82, 2.24) is 4.31 Å². The van der Waals surface area contributed by atoms with Crippen LogP contribution in [0.2, 0.25) is 0 Å². The Hall–Kier alpha value is -0.850. The topological polar surface area (TPSA) is 46.6 Å². The van der Waals surface area contributed by atoms with Crippen molar-refractivity contribution in [3.8, 4) is 0 Å². The van der Waals surface area contributed by atoms with Crippen LogP contribution in [0.4, 0.5) is 0 Å². The molecular formula is C9H9NO3S2. The largest absolute Gasteiger partial charge is 0.467 e. The zero-order chi connectivity index (χ0) is 11.0. The van der Waals surface area contributed by atoms with Crippen LogP contribution in [0.15, 0.2) is 16.3 Å². The molecule has 1 unspecified atom stereocenters. The van der Waals surface area contributed by atoms with Gasteiger partial charge in [-0.25, -0.2) is 9.10 Å². The molecule has 0 fully saturated rings. The van der Waals surface area contributed by atoms with E-state index in [4.69, 9.17) is 0 Å². The second-order valence-electron chi connectivity index (χ2n) is 3.04. The third-order valence-corrected chi connectivity index (χ3v) is 4.23. The Bertz CT molecular complexity index is 415. The number of ketones is 1. The highest BCUT2D eigenvalue weighted by molar-refractivity contribution is 7.97. The standard InChI is InChI=1S/C9H9NO3S2/c1-10-6(9(12)13-2)7(11)8-5(15-10)3-4-14-8/h3-4,6H,1-2H3. The molecule has 1 aromatic rings. The summed E-state index contributed by atoms with van der Waals surface area (Å²) in [7, 11) is 3.00. The van der Waals surface area contributed by atoms with E-state index < -0.39 is 12.0 Å². The molecule has 1 aliphatic rings. The number of thiophene rings is 1. The van der Waals surface area contributed by atoms with Crippen LogP contribution in [0.1, 0.15) is 9.67 Å². The summed E-state index contributed by atoms with van der Waals surface area (Å²) < 4.78 is 6.24. The van der Waals surface area contributed by atoms with Gasteiger partial charge in [0, 0.05) is 4.90 Å². The fraction of sp³-hybridized carbons (Fsp3) is 0.333. The van der Waals surface area contributed by atoms with Crippen LogP contribution in [-0.2, 0) is 9.53 Å². The number of esters is 1. The first-order valence-electron chi connectivity index (χ1n) is 4.25. The van der Waals surface area contributed by atoms with E-state index >= 15 is 0 Å². The minimum absolute atomic E-state index is 0.173. The van der Waals surface area contributed by atoms with E-state index in [1.807, 2.05) is 11.4 Å². The zero-order valence-electron chi connectivity index (χ0n) is 8.22. The summed E-state index contributed by atoms with van der Waals surface area (Å²) in [6.45, 7) is 0.